The number of nitrogens with zero attached hydrogens (tertiary/aromatic N) is 2. The van der Waals surface area contributed by atoms with Crippen LogP contribution in [0.15, 0.2) is 47.6 Å². The molecule has 3 rings (SSSR count). The van der Waals surface area contributed by atoms with Crippen LogP contribution in [0.1, 0.15) is 54.6 Å². The number of nitrogens with one attached hydrogen (secondary N) is 1. The number of benzene rings is 2. The maximum Gasteiger partial charge on any atom is 0.271 e. The molecule has 136 valence electrons. The molecule has 1 heterocycles. The number of phenols is 1. The van der Waals surface area contributed by atoms with Crippen LogP contribution in [-0.4, -0.2) is 29.8 Å². The SMILES string of the molecule is C[C@@H]1CC(C)(C)N(C)c2ccc(/C=N\NC(=O)c3ccc(O)cc3)cc21. The monoisotopic (exact) mass is 351 g/mol. The van der Waals surface area contributed by atoms with Crippen molar-refractivity contribution >= 4 is 17.8 Å². The number of carbonyl (C=O) groups excluding carboxylic acids is 1. The third kappa shape index (κ3) is 3.57. The smallest absolute Gasteiger partial charge is 0.271 e. The van der Waals surface area contributed by atoms with Crippen LogP contribution in [0.2, 0.25) is 0 Å². The molecule has 0 fully saturated rings. The molecule has 0 aromatic heterocycles. The molecule has 1 aliphatic rings. The van der Waals surface area contributed by atoms with Gasteiger partial charge in [0, 0.05) is 23.8 Å². The maximum absolute atomic E-state index is 12.0. The van der Waals surface area contributed by atoms with Crippen LogP contribution in [0.3, 0.4) is 0 Å². The van der Waals surface area contributed by atoms with Crippen molar-refractivity contribution in [1.82, 2.24) is 5.43 Å². The summed E-state index contributed by atoms with van der Waals surface area (Å²) in [6.07, 6.45) is 2.75. The summed E-state index contributed by atoms with van der Waals surface area (Å²) >= 11 is 0. The molecule has 26 heavy (non-hydrogen) atoms. The summed E-state index contributed by atoms with van der Waals surface area (Å²) in [5.74, 6) is 0.284. The van der Waals surface area contributed by atoms with E-state index in [9.17, 15) is 9.90 Å². The summed E-state index contributed by atoms with van der Waals surface area (Å²) in [5.41, 5.74) is 6.61. The summed E-state index contributed by atoms with van der Waals surface area (Å²) in [5, 5.41) is 13.3. The molecule has 2 N–H and O–H groups in total. The highest BCUT2D eigenvalue weighted by Crippen LogP contribution is 2.42. The highest BCUT2D eigenvalue weighted by Gasteiger charge is 2.33. The van der Waals surface area contributed by atoms with Gasteiger partial charge in [-0.05, 0) is 73.7 Å². The van der Waals surface area contributed by atoms with Gasteiger partial charge in [0.2, 0.25) is 0 Å². The van der Waals surface area contributed by atoms with Gasteiger partial charge in [0.15, 0.2) is 0 Å². The second-order valence-electron chi connectivity index (χ2n) is 7.54. The molecule has 0 aliphatic carbocycles. The molecule has 1 aliphatic heterocycles. The van der Waals surface area contributed by atoms with Crippen LogP contribution in [0, 0.1) is 0 Å². The van der Waals surface area contributed by atoms with Crippen LogP contribution in [0.25, 0.3) is 0 Å². The fourth-order valence-corrected chi connectivity index (χ4v) is 3.52. The zero-order valence-electron chi connectivity index (χ0n) is 15.7. The average molecular weight is 351 g/mol. The molecule has 1 atom stereocenters. The number of amides is 1. The lowest BCUT2D eigenvalue weighted by Gasteiger charge is -2.45. The van der Waals surface area contributed by atoms with Crippen molar-refractivity contribution in [3.63, 3.8) is 0 Å². The first kappa shape index (κ1) is 18.0. The van der Waals surface area contributed by atoms with Gasteiger partial charge in [0.1, 0.15) is 5.75 Å². The first-order valence-electron chi connectivity index (χ1n) is 8.78. The Bertz CT molecular complexity index is 841. The molecule has 0 bridgehead atoms. The van der Waals surface area contributed by atoms with E-state index in [0.29, 0.717) is 11.5 Å². The predicted molar refractivity (Wildman–Crippen MR) is 105 cm³/mol. The Morgan fingerprint density at radius 2 is 1.96 bits per heavy atom. The Labute approximate surface area is 154 Å². The third-order valence-corrected chi connectivity index (χ3v) is 5.17. The van der Waals surface area contributed by atoms with E-state index >= 15 is 0 Å². The molecule has 0 unspecified atom stereocenters. The minimum absolute atomic E-state index is 0.126. The molecule has 0 saturated carbocycles. The molecule has 5 nitrogen and oxygen atoms in total. The number of rotatable bonds is 3. The van der Waals surface area contributed by atoms with Gasteiger partial charge in [-0.25, -0.2) is 5.43 Å². The number of phenolic OH excluding ortho intramolecular Hbond substituents is 1. The second-order valence-corrected chi connectivity index (χ2v) is 7.54. The van der Waals surface area contributed by atoms with Crippen molar-refractivity contribution in [3.8, 4) is 5.75 Å². The van der Waals surface area contributed by atoms with E-state index in [4.69, 9.17) is 0 Å². The molecular weight excluding hydrogens is 326 g/mol. The van der Waals surface area contributed by atoms with Crippen LogP contribution in [0.5, 0.6) is 5.75 Å². The molecule has 1 amide bonds. The topological polar surface area (TPSA) is 64.9 Å². The fraction of sp³-hybridized carbons (Fsp3) is 0.333. The number of hydrazone groups is 1. The lowest BCUT2D eigenvalue weighted by atomic mass is 9.80. The Morgan fingerprint density at radius 3 is 2.65 bits per heavy atom. The third-order valence-electron chi connectivity index (χ3n) is 5.17. The molecular formula is C21H25N3O2. The number of anilines is 1. The van der Waals surface area contributed by atoms with Crippen LogP contribution in [-0.2, 0) is 0 Å². The van der Waals surface area contributed by atoms with Gasteiger partial charge in [0.05, 0.1) is 6.21 Å². The molecule has 5 heteroatoms. The number of fused-ring (bicyclic) bond motifs is 1. The summed E-state index contributed by atoms with van der Waals surface area (Å²) < 4.78 is 0. The van der Waals surface area contributed by atoms with E-state index in [2.05, 4.69) is 55.4 Å². The van der Waals surface area contributed by atoms with E-state index in [0.717, 1.165) is 12.0 Å². The zero-order valence-corrected chi connectivity index (χ0v) is 15.7. The van der Waals surface area contributed by atoms with Gasteiger partial charge in [-0.3, -0.25) is 4.79 Å². The van der Waals surface area contributed by atoms with Gasteiger partial charge in [-0.15, -0.1) is 0 Å². The Hall–Kier alpha value is -2.82. The van der Waals surface area contributed by atoms with Crippen LogP contribution in [0.4, 0.5) is 5.69 Å². The van der Waals surface area contributed by atoms with E-state index in [1.165, 1.54) is 23.4 Å². The van der Waals surface area contributed by atoms with Gasteiger partial charge >= 0.3 is 0 Å². The summed E-state index contributed by atoms with van der Waals surface area (Å²) in [6.45, 7) is 6.78. The lowest BCUT2D eigenvalue weighted by molar-refractivity contribution is 0.0955. The van der Waals surface area contributed by atoms with Crippen molar-refractivity contribution in [1.29, 1.82) is 0 Å². The first-order chi connectivity index (χ1) is 12.3. The summed E-state index contributed by atoms with van der Waals surface area (Å²) in [6, 6.07) is 12.3. The molecule has 2 aromatic rings. The number of aromatic hydroxyl groups is 1. The van der Waals surface area contributed by atoms with Gasteiger partial charge in [-0.2, -0.15) is 5.10 Å². The molecule has 0 saturated heterocycles. The predicted octanol–water partition coefficient (Wildman–Crippen LogP) is 3.88. The lowest BCUT2D eigenvalue weighted by Crippen LogP contribution is -2.45. The van der Waals surface area contributed by atoms with Gasteiger partial charge in [-0.1, -0.05) is 13.0 Å². The van der Waals surface area contributed by atoms with Crippen molar-refractivity contribution in [2.75, 3.05) is 11.9 Å². The first-order valence-corrected chi connectivity index (χ1v) is 8.78. The highest BCUT2D eigenvalue weighted by molar-refractivity contribution is 5.95. The minimum atomic E-state index is -0.311. The fourth-order valence-electron chi connectivity index (χ4n) is 3.52. The number of hydrogen-bond acceptors (Lipinski definition) is 4. The second kappa shape index (κ2) is 6.83. The quantitative estimate of drug-likeness (QED) is 0.651. The van der Waals surface area contributed by atoms with E-state index in [1.807, 2.05) is 6.07 Å². The Balaban J connectivity index is 1.73. The normalized spacial score (nSPS) is 18.6. The van der Waals surface area contributed by atoms with E-state index < -0.39 is 0 Å². The van der Waals surface area contributed by atoms with Crippen LogP contribution < -0.4 is 10.3 Å². The largest absolute Gasteiger partial charge is 0.508 e. The highest BCUT2D eigenvalue weighted by atomic mass is 16.3. The summed E-state index contributed by atoms with van der Waals surface area (Å²) in [7, 11) is 2.14. The van der Waals surface area contributed by atoms with Gasteiger partial charge in [0.25, 0.3) is 5.91 Å². The average Bonchev–Trinajstić information content (AvgIpc) is 2.60. The van der Waals surface area contributed by atoms with Gasteiger partial charge < -0.3 is 10.0 Å². The summed E-state index contributed by atoms with van der Waals surface area (Å²) in [4.78, 5) is 14.4. The minimum Gasteiger partial charge on any atom is -0.508 e. The van der Waals surface area contributed by atoms with Crippen molar-refractivity contribution in [2.24, 2.45) is 5.10 Å². The molecule has 0 spiro atoms. The van der Waals surface area contributed by atoms with E-state index in [-0.39, 0.29) is 17.2 Å². The Morgan fingerprint density at radius 1 is 1.27 bits per heavy atom. The number of carbonyl (C=O) groups is 1. The maximum atomic E-state index is 12.0. The Kier molecular flexibility index (Phi) is 4.72. The van der Waals surface area contributed by atoms with E-state index in [1.54, 1.807) is 18.3 Å². The number of hydrogen-bond donors (Lipinski definition) is 2. The molecule has 2 aromatic carbocycles. The van der Waals surface area contributed by atoms with Crippen LogP contribution >= 0.6 is 0 Å². The molecule has 0 radical (unpaired) electrons. The van der Waals surface area contributed by atoms with Crippen molar-refractivity contribution in [3.05, 3.63) is 59.2 Å². The van der Waals surface area contributed by atoms with Crippen molar-refractivity contribution in [2.45, 2.75) is 38.6 Å². The zero-order chi connectivity index (χ0) is 18.9. The standard InChI is InChI=1S/C21H25N3O2/c1-14-12-21(2,3)24(4)19-10-5-15(11-18(14)19)13-22-23-20(26)16-6-8-17(25)9-7-16/h5-11,13-14,25H,12H2,1-4H3,(H,23,26)/b22-13-/t14-/m1/s1. The van der Waals surface area contributed by atoms with Crippen molar-refractivity contribution < 1.29 is 9.90 Å².